The molecule has 0 unspecified atom stereocenters. The number of nitrogens with one attached hydrogen (secondary N) is 1. The van der Waals surface area contributed by atoms with E-state index in [-0.39, 0.29) is 24.1 Å². The number of aromatic nitrogens is 1. The normalized spacial score (nSPS) is 20.3. The number of rotatable bonds is 3. The van der Waals surface area contributed by atoms with Crippen LogP contribution in [-0.2, 0) is 9.53 Å². The van der Waals surface area contributed by atoms with Gasteiger partial charge in [-0.2, -0.15) is 5.26 Å². The number of thioether (sulfide) groups is 1. The number of anilines is 1. The predicted octanol–water partition coefficient (Wildman–Crippen LogP) is 2.56. The molecule has 0 radical (unpaired) electrons. The number of nitrogens with zero attached hydrogens (tertiary/aromatic N) is 3. The van der Waals surface area contributed by atoms with Gasteiger partial charge in [0.25, 0.3) is 0 Å². The molecule has 1 fully saturated rings. The second-order valence-electron chi connectivity index (χ2n) is 6.33. The van der Waals surface area contributed by atoms with E-state index in [1.165, 1.54) is 6.92 Å². The molecule has 1 N–H and O–H groups in total. The smallest absolute Gasteiger partial charge is 0.415 e. The van der Waals surface area contributed by atoms with Crippen molar-refractivity contribution in [3.63, 3.8) is 0 Å². The number of cyclic esters (lactones) is 1. The lowest BCUT2D eigenvalue weighted by molar-refractivity contribution is -0.119. The molecule has 0 saturated carbocycles. The highest BCUT2D eigenvalue weighted by Gasteiger charge is 2.45. The number of nitriles is 1. The average Bonchev–Trinajstić information content (AvgIpc) is 3.02. The molecule has 136 valence electrons. The molecule has 1 aromatic carbocycles. The molecule has 4 rings (SSSR count). The lowest BCUT2D eigenvalue weighted by atomic mass is 10.1. The Labute approximate surface area is 160 Å². The van der Waals surface area contributed by atoms with Crippen LogP contribution in [0.15, 0.2) is 41.4 Å². The quantitative estimate of drug-likeness (QED) is 0.879. The zero-order chi connectivity index (χ0) is 19.0. The summed E-state index contributed by atoms with van der Waals surface area (Å²) < 4.78 is 5.47. The highest BCUT2D eigenvalue weighted by atomic mass is 32.2. The summed E-state index contributed by atoms with van der Waals surface area (Å²) in [5, 5.41) is 11.6. The van der Waals surface area contributed by atoms with Gasteiger partial charge >= 0.3 is 6.09 Å². The van der Waals surface area contributed by atoms with Crippen LogP contribution < -0.4 is 10.2 Å². The van der Waals surface area contributed by atoms with Crippen molar-refractivity contribution < 1.29 is 14.3 Å². The zero-order valence-electron chi connectivity index (χ0n) is 14.5. The van der Waals surface area contributed by atoms with Gasteiger partial charge in [0.2, 0.25) is 5.91 Å². The first kappa shape index (κ1) is 17.4. The Morgan fingerprint density at radius 1 is 1.41 bits per heavy atom. The fourth-order valence-electron chi connectivity index (χ4n) is 3.26. The molecule has 0 bridgehead atoms. The molecule has 0 spiro atoms. The zero-order valence-corrected chi connectivity index (χ0v) is 15.3. The Bertz CT molecular complexity index is 954. The van der Waals surface area contributed by atoms with Crippen molar-refractivity contribution in [3.05, 3.63) is 42.2 Å². The molecule has 0 aliphatic carbocycles. The largest absolute Gasteiger partial charge is 0.442 e. The molecule has 2 aromatic rings. The number of fused-ring (bicyclic) bond motifs is 3. The van der Waals surface area contributed by atoms with Gasteiger partial charge in [-0.1, -0.05) is 6.07 Å². The summed E-state index contributed by atoms with van der Waals surface area (Å²) in [5.74, 6) is 0.548. The van der Waals surface area contributed by atoms with Gasteiger partial charge in [-0.25, -0.2) is 9.78 Å². The number of amides is 2. The van der Waals surface area contributed by atoms with E-state index in [1.807, 2.05) is 30.3 Å². The Balaban J connectivity index is 1.60. The van der Waals surface area contributed by atoms with Crippen molar-refractivity contribution in [2.75, 3.05) is 17.2 Å². The van der Waals surface area contributed by atoms with E-state index in [0.29, 0.717) is 18.0 Å². The summed E-state index contributed by atoms with van der Waals surface area (Å²) >= 11 is 1.66. The van der Waals surface area contributed by atoms with Crippen LogP contribution >= 0.6 is 11.8 Å². The van der Waals surface area contributed by atoms with Gasteiger partial charge < -0.3 is 10.1 Å². The Morgan fingerprint density at radius 2 is 2.22 bits per heavy atom. The summed E-state index contributed by atoms with van der Waals surface area (Å²) in [6.07, 6.45) is 0.929. The van der Waals surface area contributed by atoms with Gasteiger partial charge in [-0.15, -0.1) is 11.8 Å². The first-order chi connectivity index (χ1) is 13.1. The maximum atomic E-state index is 12.4. The highest BCUT2D eigenvalue weighted by molar-refractivity contribution is 7.99. The third kappa shape index (κ3) is 3.22. The predicted molar refractivity (Wildman–Crippen MR) is 100 cm³/mol. The van der Waals surface area contributed by atoms with E-state index in [1.54, 1.807) is 28.9 Å². The minimum Gasteiger partial charge on any atom is -0.442 e. The first-order valence-corrected chi connectivity index (χ1v) is 9.43. The van der Waals surface area contributed by atoms with Gasteiger partial charge in [0.1, 0.15) is 17.9 Å². The Kier molecular flexibility index (Phi) is 4.46. The van der Waals surface area contributed by atoms with Crippen LogP contribution in [0.25, 0.3) is 11.1 Å². The van der Waals surface area contributed by atoms with Crippen molar-refractivity contribution >= 4 is 29.4 Å². The van der Waals surface area contributed by atoms with Crippen molar-refractivity contribution in [1.29, 1.82) is 5.26 Å². The molecule has 8 heteroatoms. The van der Waals surface area contributed by atoms with E-state index < -0.39 is 0 Å². The standard InChI is InChI=1S/C19H16N4O3S/c1-11(24)21-9-17-16-10-27-18-6-12(13-2-4-14(7-20)22-8-13)3-5-15(18)23(16)19(25)26-17/h2-6,8,16-17H,9-10H2,1H3,(H,21,24)/t16-,17-/m0/s1. The van der Waals surface area contributed by atoms with Gasteiger partial charge in [-0.05, 0) is 29.8 Å². The lowest BCUT2D eigenvalue weighted by Crippen LogP contribution is -2.45. The average molecular weight is 380 g/mol. The number of benzene rings is 1. The van der Waals surface area contributed by atoms with Gasteiger partial charge in [0.05, 0.1) is 18.3 Å². The van der Waals surface area contributed by atoms with Crippen LogP contribution in [0.3, 0.4) is 0 Å². The molecule has 7 nitrogen and oxygen atoms in total. The monoisotopic (exact) mass is 380 g/mol. The summed E-state index contributed by atoms with van der Waals surface area (Å²) in [4.78, 5) is 30.3. The number of carbonyl (C=O) groups is 2. The molecule has 2 amide bonds. The molecule has 1 saturated heterocycles. The third-order valence-electron chi connectivity index (χ3n) is 4.60. The Morgan fingerprint density at radius 3 is 2.93 bits per heavy atom. The minimum absolute atomic E-state index is 0.107. The number of pyridine rings is 1. The highest BCUT2D eigenvalue weighted by Crippen LogP contribution is 2.43. The van der Waals surface area contributed by atoms with Crippen LogP contribution in [0, 0.1) is 11.3 Å². The van der Waals surface area contributed by atoms with Crippen LogP contribution in [0.4, 0.5) is 10.5 Å². The van der Waals surface area contributed by atoms with Crippen molar-refractivity contribution in [2.24, 2.45) is 0 Å². The van der Waals surface area contributed by atoms with Crippen LogP contribution in [0.1, 0.15) is 12.6 Å². The van der Waals surface area contributed by atoms with Gasteiger partial charge in [0.15, 0.2) is 0 Å². The molecule has 2 atom stereocenters. The maximum Gasteiger partial charge on any atom is 0.415 e. The van der Waals surface area contributed by atoms with Crippen molar-refractivity contribution in [1.82, 2.24) is 10.3 Å². The van der Waals surface area contributed by atoms with E-state index in [4.69, 9.17) is 10.00 Å². The molecule has 27 heavy (non-hydrogen) atoms. The maximum absolute atomic E-state index is 12.4. The van der Waals surface area contributed by atoms with E-state index >= 15 is 0 Å². The molecular weight excluding hydrogens is 364 g/mol. The summed E-state index contributed by atoms with van der Waals surface area (Å²) in [7, 11) is 0. The fourth-order valence-corrected chi connectivity index (χ4v) is 4.50. The van der Waals surface area contributed by atoms with E-state index in [9.17, 15) is 9.59 Å². The van der Waals surface area contributed by atoms with Crippen LogP contribution in [-0.4, -0.2) is 41.4 Å². The topological polar surface area (TPSA) is 95.3 Å². The summed E-state index contributed by atoms with van der Waals surface area (Å²) in [5.41, 5.74) is 3.07. The van der Waals surface area contributed by atoms with E-state index in [0.717, 1.165) is 21.7 Å². The van der Waals surface area contributed by atoms with E-state index in [2.05, 4.69) is 10.3 Å². The molecule has 2 aliphatic heterocycles. The van der Waals surface area contributed by atoms with Crippen molar-refractivity contribution in [3.8, 4) is 17.2 Å². The van der Waals surface area contributed by atoms with Gasteiger partial charge in [-0.3, -0.25) is 9.69 Å². The molecular formula is C19H16N4O3S. The molecule has 3 heterocycles. The second kappa shape index (κ2) is 6.93. The first-order valence-electron chi connectivity index (χ1n) is 8.44. The number of hydrogen-bond donors (Lipinski definition) is 1. The molecule has 2 aliphatic rings. The van der Waals surface area contributed by atoms with Crippen molar-refractivity contribution in [2.45, 2.75) is 24.0 Å². The lowest BCUT2D eigenvalue weighted by Gasteiger charge is -2.31. The molecule has 1 aromatic heterocycles. The fraction of sp³-hybridized carbons (Fsp3) is 0.263. The number of carbonyl (C=O) groups excluding carboxylic acids is 2. The SMILES string of the molecule is CC(=O)NC[C@@H]1OC(=O)N2c3ccc(-c4ccc(C#N)nc4)cc3SC[C@@H]12. The van der Waals surface area contributed by atoms with Crippen LogP contribution in [0.2, 0.25) is 0 Å². The Hall–Kier alpha value is -3.05. The third-order valence-corrected chi connectivity index (χ3v) is 5.75. The minimum atomic E-state index is -0.385. The number of hydrogen-bond acceptors (Lipinski definition) is 6. The number of ether oxygens (including phenoxy) is 1. The van der Waals surface area contributed by atoms with Crippen LogP contribution in [0.5, 0.6) is 0 Å². The second-order valence-corrected chi connectivity index (χ2v) is 7.40. The summed E-state index contributed by atoms with van der Waals surface area (Å²) in [6.45, 7) is 1.76. The summed E-state index contributed by atoms with van der Waals surface area (Å²) in [6, 6.07) is 11.3. The van der Waals surface area contributed by atoms with Gasteiger partial charge in [0, 0.05) is 29.3 Å².